The molecule has 2 aromatic heterocycles. The molecule has 0 aliphatic carbocycles. The Morgan fingerprint density at radius 1 is 1.36 bits per heavy atom. The molecule has 0 amide bonds. The number of methoxy groups -OCH3 is 1. The molecule has 1 fully saturated rings. The van der Waals surface area contributed by atoms with E-state index in [4.69, 9.17) is 14.5 Å². The van der Waals surface area contributed by atoms with Gasteiger partial charge in [0.05, 0.1) is 24.9 Å². The van der Waals surface area contributed by atoms with Gasteiger partial charge in [-0.05, 0) is 25.2 Å². The predicted octanol–water partition coefficient (Wildman–Crippen LogP) is 1.24. The minimum Gasteiger partial charge on any atom is -0.481 e. The van der Waals surface area contributed by atoms with E-state index in [2.05, 4.69) is 10.1 Å². The summed E-state index contributed by atoms with van der Waals surface area (Å²) >= 11 is 0. The largest absolute Gasteiger partial charge is 0.481 e. The highest BCUT2D eigenvalue weighted by molar-refractivity contribution is 7.51. The Labute approximate surface area is 161 Å². The highest BCUT2D eigenvalue weighted by Gasteiger charge is 2.26. The third-order valence-electron chi connectivity index (χ3n) is 4.98. The van der Waals surface area contributed by atoms with Crippen molar-refractivity contribution in [1.82, 2.24) is 14.8 Å². The molecule has 0 radical (unpaired) electrons. The summed E-state index contributed by atoms with van der Waals surface area (Å²) in [6, 6.07) is 1.60. The van der Waals surface area contributed by atoms with Crippen molar-refractivity contribution in [1.29, 1.82) is 0 Å². The summed E-state index contributed by atoms with van der Waals surface area (Å²) in [6.45, 7) is 2.44. The topological polar surface area (TPSA) is 135 Å². The second-order valence-corrected chi connectivity index (χ2v) is 8.72. The lowest BCUT2D eigenvalue weighted by molar-refractivity contribution is 0.0915. The molecular formula is C17H23N4O6P. The number of pyridine rings is 1. The molecule has 0 unspecified atom stereocenters. The molecule has 28 heavy (non-hydrogen) atoms. The van der Waals surface area contributed by atoms with Crippen LogP contribution in [0.25, 0.3) is 10.8 Å². The van der Waals surface area contributed by atoms with Gasteiger partial charge in [-0.15, -0.1) is 0 Å². The molecule has 0 atom stereocenters. The number of rotatable bonds is 5. The summed E-state index contributed by atoms with van der Waals surface area (Å²) in [5.41, 5.74) is -0.529. The number of nitrogens with zero attached hydrogens (tertiary/aromatic N) is 4. The molecule has 11 heteroatoms. The molecule has 2 aromatic rings. The number of aromatic nitrogens is 3. The number of hydrogen-bond donors (Lipinski definition) is 2. The quantitative estimate of drug-likeness (QED) is 0.698. The van der Waals surface area contributed by atoms with E-state index in [1.165, 1.54) is 20.2 Å². The van der Waals surface area contributed by atoms with E-state index >= 15 is 0 Å². The van der Waals surface area contributed by atoms with Crippen LogP contribution in [0.1, 0.15) is 31.0 Å². The molecule has 1 aliphatic rings. The first kappa shape index (κ1) is 20.4. The van der Waals surface area contributed by atoms with E-state index in [-0.39, 0.29) is 12.1 Å². The fraction of sp³-hybridized carbons (Fsp3) is 0.529. The summed E-state index contributed by atoms with van der Waals surface area (Å²) < 4.78 is 17.1. The number of hydrogen-bond acceptors (Lipinski definition) is 7. The maximum atomic E-state index is 12.8. The standard InChI is InChI=1S/C17H23N4O6P/c1-11(22)21-17(23)15-13(10-18-21)9-14(27-2)19-16(15)20-6-3-12(4-7-20)5-8-28(24,25)26/h9-10,12H,3-8H2,1-2H3,(H2,24,25,26). The lowest BCUT2D eigenvalue weighted by atomic mass is 9.94. The van der Waals surface area contributed by atoms with Crippen molar-refractivity contribution in [2.45, 2.75) is 26.2 Å². The molecule has 3 heterocycles. The number of ether oxygens (including phenoxy) is 1. The van der Waals surface area contributed by atoms with Crippen LogP contribution in [0, 0.1) is 5.92 Å². The molecule has 3 rings (SSSR count). The van der Waals surface area contributed by atoms with Crippen molar-refractivity contribution in [3.05, 3.63) is 22.6 Å². The van der Waals surface area contributed by atoms with E-state index < -0.39 is 19.1 Å². The van der Waals surface area contributed by atoms with E-state index in [0.29, 0.717) is 42.0 Å². The Morgan fingerprint density at radius 2 is 2.04 bits per heavy atom. The third kappa shape index (κ3) is 4.40. The zero-order chi connectivity index (χ0) is 20.5. The fourth-order valence-electron chi connectivity index (χ4n) is 3.47. The first-order valence-electron chi connectivity index (χ1n) is 8.97. The SMILES string of the molecule is COc1cc2cnn(C(C)=O)c(=O)c2c(N2CCC(CCP(=O)(O)O)CC2)n1. The van der Waals surface area contributed by atoms with Gasteiger partial charge in [-0.25, -0.2) is 0 Å². The number of carbonyl (C=O) groups excluding carboxylic acids is 1. The van der Waals surface area contributed by atoms with Gasteiger partial charge in [-0.1, -0.05) is 0 Å². The van der Waals surface area contributed by atoms with Gasteiger partial charge in [-0.2, -0.15) is 14.8 Å². The summed E-state index contributed by atoms with van der Waals surface area (Å²) in [6.07, 6.45) is 3.25. The normalized spacial score (nSPS) is 15.8. The Balaban J connectivity index is 1.92. The van der Waals surface area contributed by atoms with Crippen molar-refractivity contribution >= 4 is 30.1 Å². The molecule has 1 aliphatic heterocycles. The Bertz CT molecular complexity index is 993. The second-order valence-electron chi connectivity index (χ2n) is 6.94. The minimum atomic E-state index is -4.00. The first-order valence-corrected chi connectivity index (χ1v) is 10.8. The van der Waals surface area contributed by atoms with Gasteiger partial charge in [0.25, 0.3) is 5.56 Å². The van der Waals surface area contributed by atoms with Crippen molar-refractivity contribution < 1.29 is 23.9 Å². The molecule has 10 nitrogen and oxygen atoms in total. The highest BCUT2D eigenvalue weighted by atomic mass is 31.2. The molecule has 0 bridgehead atoms. The average Bonchev–Trinajstić information content (AvgIpc) is 2.65. The van der Waals surface area contributed by atoms with Gasteiger partial charge in [0.1, 0.15) is 5.82 Å². The van der Waals surface area contributed by atoms with Crippen LogP contribution in [0.5, 0.6) is 5.88 Å². The van der Waals surface area contributed by atoms with Gasteiger partial charge in [-0.3, -0.25) is 14.2 Å². The maximum Gasteiger partial charge on any atom is 0.325 e. The summed E-state index contributed by atoms with van der Waals surface area (Å²) in [5.74, 6) is 0.499. The van der Waals surface area contributed by atoms with Crippen LogP contribution < -0.4 is 15.2 Å². The van der Waals surface area contributed by atoms with Gasteiger partial charge >= 0.3 is 7.60 Å². The van der Waals surface area contributed by atoms with Crippen molar-refractivity contribution in [3.63, 3.8) is 0 Å². The summed E-state index contributed by atoms with van der Waals surface area (Å²) in [4.78, 5) is 49.0. The van der Waals surface area contributed by atoms with Crippen LogP contribution in [0.2, 0.25) is 0 Å². The molecular weight excluding hydrogens is 387 g/mol. The molecule has 0 spiro atoms. The number of anilines is 1. The minimum absolute atomic E-state index is 0.118. The molecule has 0 saturated carbocycles. The van der Waals surface area contributed by atoms with E-state index in [9.17, 15) is 14.2 Å². The molecule has 152 valence electrons. The van der Waals surface area contributed by atoms with Gasteiger partial charge in [0.15, 0.2) is 0 Å². The molecule has 2 N–H and O–H groups in total. The highest BCUT2D eigenvalue weighted by Crippen LogP contribution is 2.38. The second kappa shape index (κ2) is 7.98. The fourth-order valence-corrected chi connectivity index (χ4v) is 4.17. The summed E-state index contributed by atoms with van der Waals surface area (Å²) in [7, 11) is -2.51. The van der Waals surface area contributed by atoms with Gasteiger partial charge in [0, 0.05) is 31.5 Å². The van der Waals surface area contributed by atoms with E-state index in [1.807, 2.05) is 4.90 Å². The van der Waals surface area contributed by atoms with Crippen LogP contribution in [-0.2, 0) is 4.57 Å². The van der Waals surface area contributed by atoms with Crippen LogP contribution in [0.15, 0.2) is 17.1 Å². The van der Waals surface area contributed by atoms with Crippen LogP contribution in [-0.4, -0.2) is 56.8 Å². The van der Waals surface area contributed by atoms with Gasteiger partial charge < -0.3 is 19.4 Å². The first-order chi connectivity index (χ1) is 13.2. The predicted molar refractivity (Wildman–Crippen MR) is 103 cm³/mol. The van der Waals surface area contributed by atoms with Crippen molar-refractivity contribution in [2.75, 3.05) is 31.3 Å². The van der Waals surface area contributed by atoms with Gasteiger partial charge in [0.2, 0.25) is 11.8 Å². The number of carbonyl (C=O) groups is 1. The maximum absolute atomic E-state index is 12.8. The molecule has 0 aromatic carbocycles. The Hall–Kier alpha value is -2.29. The van der Waals surface area contributed by atoms with Crippen LogP contribution in [0.4, 0.5) is 5.82 Å². The Kier molecular flexibility index (Phi) is 5.83. The van der Waals surface area contributed by atoms with Crippen LogP contribution >= 0.6 is 7.60 Å². The van der Waals surface area contributed by atoms with Crippen molar-refractivity contribution in [2.24, 2.45) is 5.92 Å². The lowest BCUT2D eigenvalue weighted by Gasteiger charge is -2.33. The number of piperidine rings is 1. The smallest absolute Gasteiger partial charge is 0.325 e. The third-order valence-corrected chi connectivity index (χ3v) is 5.82. The average molecular weight is 410 g/mol. The molecule has 1 saturated heterocycles. The Morgan fingerprint density at radius 3 is 2.61 bits per heavy atom. The van der Waals surface area contributed by atoms with Crippen LogP contribution in [0.3, 0.4) is 0 Å². The zero-order valence-corrected chi connectivity index (χ0v) is 16.6. The zero-order valence-electron chi connectivity index (χ0n) is 15.7. The van der Waals surface area contributed by atoms with E-state index in [1.54, 1.807) is 6.07 Å². The summed E-state index contributed by atoms with van der Waals surface area (Å²) in [5, 5.41) is 4.75. The monoisotopic (exact) mass is 410 g/mol. The number of fused-ring (bicyclic) bond motifs is 1. The van der Waals surface area contributed by atoms with E-state index in [0.717, 1.165) is 17.5 Å². The van der Waals surface area contributed by atoms with Crippen molar-refractivity contribution in [3.8, 4) is 5.88 Å². The lowest BCUT2D eigenvalue weighted by Crippen LogP contribution is -2.36.